The maximum atomic E-state index is 6.60. The molecule has 0 spiro atoms. The highest BCUT2D eigenvalue weighted by atomic mass is 16.5. The monoisotopic (exact) mass is 634 g/mol. The van der Waals surface area contributed by atoms with Gasteiger partial charge in [-0.2, -0.15) is 0 Å². The number of para-hydroxylation sites is 3. The second kappa shape index (κ2) is 10.8. The van der Waals surface area contributed by atoms with Gasteiger partial charge in [0, 0.05) is 58.7 Å². The molecule has 234 valence electrons. The van der Waals surface area contributed by atoms with E-state index in [0.717, 1.165) is 73.4 Å². The van der Waals surface area contributed by atoms with Gasteiger partial charge >= 0.3 is 0 Å². The average molecular weight is 635 g/mol. The highest BCUT2D eigenvalue weighted by molar-refractivity contribution is 6.11. The van der Waals surface area contributed by atoms with Crippen LogP contribution in [0.15, 0.2) is 156 Å². The van der Waals surface area contributed by atoms with E-state index >= 15 is 0 Å². The van der Waals surface area contributed by atoms with Gasteiger partial charge in [0.25, 0.3) is 0 Å². The smallest absolute Gasteiger partial charge is 0.141 e. The number of anilines is 3. The summed E-state index contributed by atoms with van der Waals surface area (Å²) in [6, 6.07) is 50.4. The van der Waals surface area contributed by atoms with E-state index in [-0.39, 0.29) is 0 Å². The molecule has 0 bridgehead atoms. The lowest BCUT2D eigenvalue weighted by Crippen LogP contribution is -2.23. The number of pyridine rings is 1. The maximum absolute atomic E-state index is 6.60. The van der Waals surface area contributed by atoms with Gasteiger partial charge < -0.3 is 19.0 Å². The Bertz CT molecular complexity index is 2710. The molecule has 0 saturated carbocycles. The molecule has 0 fully saturated rings. The summed E-state index contributed by atoms with van der Waals surface area (Å²) in [7, 11) is 2.12. The van der Waals surface area contributed by atoms with Crippen LogP contribution < -0.4 is 14.5 Å². The van der Waals surface area contributed by atoms with Crippen molar-refractivity contribution in [3.8, 4) is 28.4 Å². The van der Waals surface area contributed by atoms with E-state index in [9.17, 15) is 0 Å². The first-order valence-electron chi connectivity index (χ1n) is 16.4. The quantitative estimate of drug-likeness (QED) is 0.189. The minimum absolute atomic E-state index is 0.751. The van der Waals surface area contributed by atoms with Crippen LogP contribution in [-0.4, -0.2) is 23.3 Å². The van der Waals surface area contributed by atoms with Crippen molar-refractivity contribution in [1.29, 1.82) is 0 Å². The largest absolute Gasteiger partial charge is 0.457 e. The summed E-state index contributed by atoms with van der Waals surface area (Å²) in [6.07, 6.45) is 1.92. The van der Waals surface area contributed by atoms with Gasteiger partial charge in [0.2, 0.25) is 0 Å². The van der Waals surface area contributed by atoms with Gasteiger partial charge in [0.05, 0.1) is 29.1 Å². The molecule has 6 aromatic carbocycles. The van der Waals surface area contributed by atoms with Crippen LogP contribution in [0.5, 0.6) is 11.5 Å². The van der Waals surface area contributed by atoms with Crippen molar-refractivity contribution in [2.24, 2.45) is 0 Å². The fraction of sp³-hybridized carbons (Fsp3) is 0.0465. The molecular weight excluding hydrogens is 604 g/mol. The third kappa shape index (κ3) is 4.45. The summed E-state index contributed by atoms with van der Waals surface area (Å²) in [5.74, 6) is 2.32. The van der Waals surface area contributed by atoms with Crippen molar-refractivity contribution in [1.82, 2.24) is 9.55 Å². The standard InChI is InChI=1S/C43H30N4O2/c1-45-27-46(39-16-7-6-15-38(39)45)30-12-9-13-31(23-30)48-32-19-20-33-35-22-29(28-10-3-2-4-11-28)18-21-37(35)47(40(33)24-32)43-25-42-36(26-44-43)34-14-5-8-17-41(34)49-42/h2-26H,27H2,1H3. The van der Waals surface area contributed by atoms with Gasteiger partial charge in [-0.25, -0.2) is 4.98 Å². The lowest BCUT2D eigenvalue weighted by molar-refractivity contribution is 0.483. The summed E-state index contributed by atoms with van der Waals surface area (Å²) in [4.78, 5) is 9.57. The number of nitrogens with zero attached hydrogens (tertiary/aromatic N) is 4. The molecule has 0 amide bonds. The zero-order valence-electron chi connectivity index (χ0n) is 26.7. The van der Waals surface area contributed by atoms with Crippen LogP contribution in [0.25, 0.3) is 60.7 Å². The lowest BCUT2D eigenvalue weighted by atomic mass is 10.0. The fourth-order valence-corrected chi connectivity index (χ4v) is 7.30. The van der Waals surface area contributed by atoms with E-state index < -0.39 is 0 Å². The molecule has 6 heteroatoms. The first-order valence-corrected chi connectivity index (χ1v) is 16.4. The van der Waals surface area contributed by atoms with Crippen LogP contribution in [0.3, 0.4) is 0 Å². The Hall–Kier alpha value is -6.53. The molecule has 1 aliphatic heterocycles. The average Bonchev–Trinajstić information content (AvgIpc) is 3.80. The van der Waals surface area contributed by atoms with Crippen LogP contribution in [0.4, 0.5) is 17.1 Å². The van der Waals surface area contributed by atoms with E-state index in [1.165, 1.54) is 22.5 Å². The van der Waals surface area contributed by atoms with Crippen LogP contribution in [-0.2, 0) is 0 Å². The zero-order chi connectivity index (χ0) is 32.5. The first-order chi connectivity index (χ1) is 24.2. The number of ether oxygens (including phenoxy) is 1. The summed E-state index contributed by atoms with van der Waals surface area (Å²) >= 11 is 0. The van der Waals surface area contributed by atoms with Crippen LogP contribution >= 0.6 is 0 Å². The molecule has 10 rings (SSSR count). The number of furan rings is 1. The van der Waals surface area contributed by atoms with Crippen molar-refractivity contribution in [3.63, 3.8) is 0 Å². The zero-order valence-corrected chi connectivity index (χ0v) is 26.7. The van der Waals surface area contributed by atoms with Gasteiger partial charge in [0.15, 0.2) is 0 Å². The maximum Gasteiger partial charge on any atom is 0.141 e. The summed E-state index contributed by atoms with van der Waals surface area (Å²) in [5, 5.41) is 4.33. The molecule has 0 N–H and O–H groups in total. The van der Waals surface area contributed by atoms with E-state index in [1.54, 1.807) is 0 Å². The van der Waals surface area contributed by atoms with Gasteiger partial charge in [-0.3, -0.25) is 4.57 Å². The van der Waals surface area contributed by atoms with E-state index in [0.29, 0.717) is 0 Å². The van der Waals surface area contributed by atoms with Crippen molar-refractivity contribution < 1.29 is 9.15 Å². The Labute approximate surface area is 282 Å². The van der Waals surface area contributed by atoms with Crippen LogP contribution in [0.2, 0.25) is 0 Å². The third-order valence-corrected chi connectivity index (χ3v) is 9.62. The predicted octanol–water partition coefficient (Wildman–Crippen LogP) is 11.1. The normalized spacial score (nSPS) is 12.8. The van der Waals surface area contributed by atoms with Crippen molar-refractivity contribution in [3.05, 3.63) is 152 Å². The molecule has 0 saturated heterocycles. The van der Waals surface area contributed by atoms with Crippen LogP contribution in [0, 0.1) is 0 Å². The van der Waals surface area contributed by atoms with Gasteiger partial charge in [-0.1, -0.05) is 72.8 Å². The molecule has 0 aliphatic carbocycles. The molecule has 0 radical (unpaired) electrons. The first kappa shape index (κ1) is 27.6. The number of hydrogen-bond donors (Lipinski definition) is 0. The van der Waals surface area contributed by atoms with E-state index in [4.69, 9.17) is 14.1 Å². The SMILES string of the molecule is CN1CN(c2cccc(Oc3ccc4c5cc(-c6ccccc6)ccc5n(-c5cc6oc7ccccc7c6cn5)c4c3)c2)c2ccccc21. The highest BCUT2D eigenvalue weighted by Crippen LogP contribution is 2.42. The van der Waals surface area contributed by atoms with Gasteiger partial charge in [-0.15, -0.1) is 0 Å². The molecule has 4 heterocycles. The van der Waals surface area contributed by atoms with E-state index in [2.05, 4.69) is 131 Å². The Morgan fingerprint density at radius 1 is 0.571 bits per heavy atom. The van der Waals surface area contributed by atoms with Gasteiger partial charge in [-0.05, 0) is 65.7 Å². The molecular formula is C43H30N4O2. The molecule has 0 unspecified atom stereocenters. The molecule has 1 aliphatic rings. The molecule has 0 atom stereocenters. The topological polar surface area (TPSA) is 46.7 Å². The van der Waals surface area contributed by atoms with Crippen LogP contribution in [0.1, 0.15) is 0 Å². The number of hydrogen-bond acceptors (Lipinski definition) is 5. The summed E-state index contributed by atoms with van der Waals surface area (Å²) in [6.45, 7) is 0.780. The lowest BCUT2D eigenvalue weighted by Gasteiger charge is -2.20. The van der Waals surface area contributed by atoms with E-state index in [1.807, 2.05) is 42.6 Å². The summed E-state index contributed by atoms with van der Waals surface area (Å²) < 4.78 is 15.1. The highest BCUT2D eigenvalue weighted by Gasteiger charge is 2.24. The molecule has 6 nitrogen and oxygen atoms in total. The third-order valence-electron chi connectivity index (χ3n) is 9.62. The van der Waals surface area contributed by atoms with Crippen molar-refractivity contribution in [2.75, 3.05) is 23.5 Å². The Balaban J connectivity index is 1.10. The molecule has 9 aromatic rings. The second-order valence-corrected chi connectivity index (χ2v) is 12.6. The Kier molecular flexibility index (Phi) is 6.05. The minimum atomic E-state index is 0.751. The van der Waals surface area contributed by atoms with Crippen molar-refractivity contribution >= 4 is 60.8 Å². The second-order valence-electron chi connectivity index (χ2n) is 12.6. The molecule has 3 aromatic heterocycles. The summed E-state index contributed by atoms with van der Waals surface area (Å²) in [5.41, 5.74) is 9.57. The Morgan fingerprint density at radius 2 is 1.39 bits per heavy atom. The Morgan fingerprint density at radius 3 is 2.31 bits per heavy atom. The number of aromatic nitrogens is 2. The number of rotatable bonds is 5. The van der Waals surface area contributed by atoms with Crippen molar-refractivity contribution in [2.45, 2.75) is 0 Å². The number of benzene rings is 6. The fourth-order valence-electron chi connectivity index (χ4n) is 7.30. The van der Waals surface area contributed by atoms with Gasteiger partial charge in [0.1, 0.15) is 28.5 Å². The molecule has 49 heavy (non-hydrogen) atoms. The minimum Gasteiger partial charge on any atom is -0.457 e. The predicted molar refractivity (Wildman–Crippen MR) is 200 cm³/mol. The number of fused-ring (bicyclic) bond motifs is 7.